The summed E-state index contributed by atoms with van der Waals surface area (Å²) < 4.78 is 23.5. The molecule has 0 radical (unpaired) electrons. The van der Waals surface area contributed by atoms with Crippen molar-refractivity contribution < 1.29 is 27.9 Å². The number of halogens is 1. The van der Waals surface area contributed by atoms with Gasteiger partial charge in [0.1, 0.15) is 0 Å². The second kappa shape index (κ2) is 10.7. The molecule has 0 fully saturated rings. The molecule has 0 saturated carbocycles. The molecule has 2 aliphatic rings. The highest BCUT2D eigenvalue weighted by Gasteiger charge is 2.31. The first-order valence-corrected chi connectivity index (χ1v) is 14.9. The van der Waals surface area contributed by atoms with Gasteiger partial charge in [-0.2, -0.15) is 0 Å². The Labute approximate surface area is 243 Å². The van der Waals surface area contributed by atoms with E-state index in [1.165, 1.54) is 36.9 Å². The maximum absolute atomic E-state index is 11.8. The number of hydrogen-bond acceptors (Lipinski definition) is 8. The zero-order valence-electron chi connectivity index (χ0n) is 22.4. The summed E-state index contributed by atoms with van der Waals surface area (Å²) in [5.74, 6) is -0.166. The molecule has 14 heteroatoms. The van der Waals surface area contributed by atoms with Crippen LogP contribution in [0.15, 0.2) is 59.5 Å². The van der Waals surface area contributed by atoms with Gasteiger partial charge in [0.2, 0.25) is 11.8 Å². The summed E-state index contributed by atoms with van der Waals surface area (Å²) in [5, 5.41) is 24.5. The molecule has 0 spiro atoms. The van der Waals surface area contributed by atoms with E-state index in [9.17, 15) is 38.2 Å². The first kappa shape index (κ1) is 28.9. The van der Waals surface area contributed by atoms with E-state index in [1.54, 1.807) is 29.2 Å². The Hall–Kier alpha value is -4.62. The number of non-ortho nitro benzene ring substituents is 2. The molecule has 0 bridgehead atoms. The van der Waals surface area contributed by atoms with Crippen molar-refractivity contribution in [3.05, 3.63) is 97.1 Å². The predicted octanol–water partition coefficient (Wildman–Crippen LogP) is 5.15. The molecule has 0 atom stereocenters. The van der Waals surface area contributed by atoms with E-state index in [0.29, 0.717) is 35.0 Å². The fourth-order valence-corrected chi connectivity index (χ4v) is 6.61. The molecule has 216 valence electrons. The van der Waals surface area contributed by atoms with Crippen LogP contribution in [0.2, 0.25) is 0 Å². The highest BCUT2D eigenvalue weighted by atomic mass is 35.7. The predicted molar refractivity (Wildman–Crippen MR) is 154 cm³/mol. The number of rotatable bonds is 3. The average Bonchev–Trinajstić information content (AvgIpc) is 3.57. The fraction of sp³-hybridized carbons (Fsp3) is 0.214. The SMILES string of the molecule is CC(=O)N1Cc2cc([N+](=O)[O-])c3c(S(=O)(=O)Cl)cccc3c2C1.CC(=O)N1Cc2cc([N+](=O)[O-])c3ccccc3c2C1. The molecule has 2 aliphatic heterocycles. The van der Waals surface area contributed by atoms with E-state index in [1.807, 2.05) is 12.1 Å². The molecule has 42 heavy (non-hydrogen) atoms. The zero-order valence-corrected chi connectivity index (χ0v) is 23.9. The topological polar surface area (TPSA) is 161 Å². The molecule has 0 aliphatic carbocycles. The summed E-state index contributed by atoms with van der Waals surface area (Å²) in [6, 6.07) is 14.5. The van der Waals surface area contributed by atoms with Crippen molar-refractivity contribution in [1.82, 2.24) is 9.80 Å². The molecular weight excluding hydrogens is 588 g/mol. The maximum atomic E-state index is 11.8. The lowest BCUT2D eigenvalue weighted by Crippen LogP contribution is -2.21. The highest BCUT2D eigenvalue weighted by Crippen LogP contribution is 2.40. The quantitative estimate of drug-likeness (QED) is 0.175. The number of benzene rings is 4. The second-order valence-corrected chi connectivity index (χ2v) is 12.5. The number of carbonyl (C=O) groups excluding carboxylic acids is 2. The number of nitro benzene ring substituents is 2. The Morgan fingerprint density at radius 3 is 1.71 bits per heavy atom. The van der Waals surface area contributed by atoms with E-state index >= 15 is 0 Å². The van der Waals surface area contributed by atoms with E-state index < -0.39 is 14.0 Å². The number of nitro groups is 2. The monoisotopic (exact) mass is 610 g/mol. The maximum Gasteiger partial charge on any atom is 0.278 e. The molecule has 12 nitrogen and oxygen atoms in total. The first-order valence-electron chi connectivity index (χ1n) is 12.6. The number of nitrogens with zero attached hydrogens (tertiary/aromatic N) is 4. The van der Waals surface area contributed by atoms with Gasteiger partial charge in [0.25, 0.3) is 20.4 Å². The number of carbonyl (C=O) groups is 2. The lowest BCUT2D eigenvalue weighted by molar-refractivity contribution is -0.383. The van der Waals surface area contributed by atoms with Gasteiger partial charge in [-0.1, -0.05) is 30.3 Å². The second-order valence-electron chi connectivity index (χ2n) is 9.99. The minimum absolute atomic E-state index is 0.0112. The highest BCUT2D eigenvalue weighted by molar-refractivity contribution is 8.14. The van der Waals surface area contributed by atoms with Gasteiger partial charge >= 0.3 is 0 Å². The van der Waals surface area contributed by atoms with Crippen molar-refractivity contribution in [3.8, 4) is 0 Å². The van der Waals surface area contributed by atoms with Gasteiger partial charge in [-0.3, -0.25) is 29.8 Å². The minimum atomic E-state index is -4.15. The molecule has 0 N–H and O–H groups in total. The minimum Gasteiger partial charge on any atom is -0.334 e. The smallest absolute Gasteiger partial charge is 0.278 e. The number of hydrogen-bond donors (Lipinski definition) is 0. The largest absolute Gasteiger partial charge is 0.334 e. The Kier molecular flexibility index (Phi) is 7.33. The van der Waals surface area contributed by atoms with Crippen LogP contribution in [0.1, 0.15) is 36.1 Å². The average molecular weight is 611 g/mol. The van der Waals surface area contributed by atoms with Gasteiger partial charge in [0.05, 0.1) is 25.5 Å². The normalized spacial score (nSPS) is 13.9. The first-order chi connectivity index (χ1) is 19.8. The van der Waals surface area contributed by atoms with E-state index in [-0.39, 0.29) is 51.5 Å². The Morgan fingerprint density at radius 1 is 0.738 bits per heavy atom. The van der Waals surface area contributed by atoms with Crippen LogP contribution in [0.25, 0.3) is 21.5 Å². The Morgan fingerprint density at radius 2 is 1.21 bits per heavy atom. The van der Waals surface area contributed by atoms with Crippen molar-refractivity contribution in [2.75, 3.05) is 0 Å². The van der Waals surface area contributed by atoms with Gasteiger partial charge in [0, 0.05) is 62.8 Å². The van der Waals surface area contributed by atoms with Crippen LogP contribution in [0.3, 0.4) is 0 Å². The summed E-state index contributed by atoms with van der Waals surface area (Å²) in [5.41, 5.74) is 3.03. The number of amides is 2. The van der Waals surface area contributed by atoms with Gasteiger partial charge < -0.3 is 9.80 Å². The molecule has 2 heterocycles. The van der Waals surface area contributed by atoms with Crippen LogP contribution < -0.4 is 0 Å². The standard InChI is InChI=1S/C14H11ClN2O5S.C14H12N2O3/c1-8(18)16-6-9-5-12(17(19)20)14-10(11(9)7-16)3-2-4-13(14)23(15,21)22;1-9(17)15-7-10-6-14(16(18)19)12-5-3-2-4-11(12)13(10)8-15/h2-5H,6-7H2,1H3;2-6H,7-8H2,1H3. The molecule has 4 aromatic carbocycles. The Balaban J connectivity index is 0.000000171. The van der Waals surface area contributed by atoms with Crippen molar-refractivity contribution >= 4 is 64.5 Å². The van der Waals surface area contributed by atoms with Crippen LogP contribution >= 0.6 is 10.7 Å². The summed E-state index contributed by atoms with van der Waals surface area (Å²) >= 11 is 0. The number of fused-ring (bicyclic) bond motifs is 6. The molecule has 2 amide bonds. The van der Waals surface area contributed by atoms with Crippen molar-refractivity contribution in [3.63, 3.8) is 0 Å². The third-order valence-electron chi connectivity index (χ3n) is 7.50. The van der Waals surface area contributed by atoms with Crippen LogP contribution in [-0.2, 0) is 44.8 Å². The zero-order chi connectivity index (χ0) is 30.5. The molecule has 6 rings (SSSR count). The van der Waals surface area contributed by atoms with Crippen molar-refractivity contribution in [2.24, 2.45) is 0 Å². The summed E-state index contributed by atoms with van der Waals surface area (Å²) in [6.07, 6.45) is 0. The third kappa shape index (κ3) is 5.12. The lowest BCUT2D eigenvalue weighted by atomic mass is 9.99. The molecule has 4 aromatic rings. The van der Waals surface area contributed by atoms with Gasteiger partial charge in [0.15, 0.2) is 0 Å². The summed E-state index contributed by atoms with van der Waals surface area (Å²) in [4.78, 5) is 47.5. The van der Waals surface area contributed by atoms with E-state index in [0.717, 1.165) is 16.5 Å². The third-order valence-corrected chi connectivity index (χ3v) is 8.86. The fourth-order valence-electron chi connectivity index (χ4n) is 5.52. The van der Waals surface area contributed by atoms with Crippen LogP contribution in [0, 0.1) is 20.2 Å². The van der Waals surface area contributed by atoms with Gasteiger partial charge in [-0.05, 0) is 45.2 Å². The van der Waals surface area contributed by atoms with Crippen molar-refractivity contribution in [2.45, 2.75) is 44.9 Å². The van der Waals surface area contributed by atoms with Crippen LogP contribution in [-0.4, -0.2) is 39.9 Å². The Bertz CT molecular complexity index is 1960. The van der Waals surface area contributed by atoms with Crippen molar-refractivity contribution in [1.29, 1.82) is 0 Å². The van der Waals surface area contributed by atoms with E-state index in [4.69, 9.17) is 10.7 Å². The molecule has 0 saturated heterocycles. The summed E-state index contributed by atoms with van der Waals surface area (Å²) in [6.45, 7) is 4.46. The van der Waals surface area contributed by atoms with Gasteiger partial charge in [-0.15, -0.1) is 0 Å². The van der Waals surface area contributed by atoms with E-state index in [2.05, 4.69) is 0 Å². The van der Waals surface area contributed by atoms with Gasteiger partial charge in [-0.25, -0.2) is 8.42 Å². The molecular formula is C28H23ClN4O8S. The summed E-state index contributed by atoms with van der Waals surface area (Å²) in [7, 11) is 1.28. The van der Waals surface area contributed by atoms with Crippen LogP contribution in [0.4, 0.5) is 11.4 Å². The lowest BCUT2D eigenvalue weighted by Gasteiger charge is -2.11. The molecule has 0 aromatic heterocycles. The van der Waals surface area contributed by atoms with Crippen LogP contribution in [0.5, 0.6) is 0 Å². The molecule has 0 unspecified atom stereocenters.